The molecule has 47 heavy (non-hydrogen) atoms. The fourth-order valence-corrected chi connectivity index (χ4v) is 5.99. The molecule has 0 unspecified atom stereocenters. The van der Waals surface area contributed by atoms with E-state index in [4.69, 9.17) is 11.5 Å². The van der Waals surface area contributed by atoms with Crippen LogP contribution in [0.2, 0.25) is 0 Å². The minimum Gasteiger partial charge on any atom is -0.370 e. The maximum atomic E-state index is 16.2. The molecule has 18 heteroatoms. The van der Waals surface area contributed by atoms with Crippen LogP contribution in [0.25, 0.3) is 0 Å². The van der Waals surface area contributed by atoms with Crippen molar-refractivity contribution in [3.05, 3.63) is 92.1 Å². The molecule has 3 rings (SSSR count). The summed E-state index contributed by atoms with van der Waals surface area (Å²) < 4.78 is 110. The number of nitrogens with two attached hydrogens (primary N) is 2. The van der Waals surface area contributed by atoms with Crippen molar-refractivity contribution in [1.82, 2.24) is 0 Å². The highest BCUT2D eigenvalue weighted by Crippen LogP contribution is 2.55. The lowest BCUT2D eigenvalue weighted by Crippen LogP contribution is -2.50. The van der Waals surface area contributed by atoms with Gasteiger partial charge in [-0.05, 0) is 68.3 Å². The smallest absolute Gasteiger partial charge is 0.370 e. The average molecular weight is 802 g/mol. The molecular weight excluding hydrogens is 780 g/mol. The number of primary amides is 2. The number of carbonyl (C=O) groups is 4. The molecule has 0 spiro atoms. The highest BCUT2D eigenvalue weighted by atomic mass is 79.9. The van der Waals surface area contributed by atoms with Gasteiger partial charge in [0.2, 0.25) is 11.8 Å². The van der Waals surface area contributed by atoms with Crippen molar-refractivity contribution >= 4 is 66.9 Å². The van der Waals surface area contributed by atoms with Gasteiger partial charge in [0.15, 0.2) is 5.82 Å². The summed E-state index contributed by atoms with van der Waals surface area (Å²) in [6.07, 6.45) is -13.9. The fraction of sp³-hybridized carbons (Fsp3) is 0.241. The predicted molar refractivity (Wildman–Crippen MR) is 161 cm³/mol. The minimum atomic E-state index is -6.45. The van der Waals surface area contributed by atoms with Crippen molar-refractivity contribution in [3.8, 4) is 0 Å². The first-order valence-corrected chi connectivity index (χ1v) is 14.7. The molecule has 0 atom stereocenters. The summed E-state index contributed by atoms with van der Waals surface area (Å²) in [5.74, 6) is -5.24. The Hall–Kier alpha value is -4.06. The second kappa shape index (κ2) is 14.4. The van der Waals surface area contributed by atoms with E-state index in [1.165, 1.54) is 24.3 Å². The van der Waals surface area contributed by atoms with Crippen LogP contribution in [0.15, 0.2) is 69.6 Å². The molecule has 0 bridgehead atoms. The Kier molecular flexibility index (Phi) is 11.4. The summed E-state index contributed by atoms with van der Waals surface area (Å²) in [5, 5.41) is 0. The van der Waals surface area contributed by atoms with Gasteiger partial charge in [0, 0.05) is 46.0 Å². The van der Waals surface area contributed by atoms with E-state index < -0.39 is 105 Å². The van der Waals surface area contributed by atoms with E-state index in [0.29, 0.717) is 4.90 Å². The normalized spacial score (nSPS) is 12.0. The molecule has 0 aliphatic heterocycles. The van der Waals surface area contributed by atoms with E-state index in [1.807, 2.05) is 0 Å². The number of hydrogen-bond acceptors (Lipinski definition) is 4. The summed E-state index contributed by atoms with van der Waals surface area (Å²) in [7, 11) is 0. The van der Waals surface area contributed by atoms with E-state index in [9.17, 15) is 49.9 Å². The van der Waals surface area contributed by atoms with Crippen molar-refractivity contribution < 1.29 is 54.3 Å². The SMILES string of the molecule is NC(=O)CCN(C(=O)c1ccccc1)c1cccc(C(=O)N(CCC(N)=O)c2c(Br)cc(C(F)(C(F)(F)F)C(F)(F)F)cc2Br)c1F. The summed E-state index contributed by atoms with van der Waals surface area (Å²) in [6, 6.07) is 10.9. The number of alkyl halides is 7. The van der Waals surface area contributed by atoms with Gasteiger partial charge in [0.25, 0.3) is 11.8 Å². The zero-order valence-corrected chi connectivity index (χ0v) is 26.7. The molecule has 0 heterocycles. The molecule has 0 saturated carbocycles. The van der Waals surface area contributed by atoms with Gasteiger partial charge in [-0.25, -0.2) is 8.78 Å². The first-order valence-electron chi connectivity index (χ1n) is 13.1. The van der Waals surface area contributed by atoms with Crippen LogP contribution in [-0.4, -0.2) is 49.1 Å². The lowest BCUT2D eigenvalue weighted by molar-refractivity contribution is -0.348. The standard InChI is InChI=1S/C29H22Br2F8N4O4/c30-18-13-16(27(33,28(34,35)36)29(37,38)39)14-19(31)24(18)43(12-10-22(41)45)26(47)17-7-4-8-20(23(17)32)42(11-9-21(40)44)25(46)15-5-2-1-3-6-15/h1-8,13-14H,9-12H2,(H2,40,44)(H2,41,45). The molecule has 0 saturated heterocycles. The minimum absolute atomic E-state index is 0.0748. The third-order valence-electron chi connectivity index (χ3n) is 6.64. The third-order valence-corrected chi connectivity index (χ3v) is 7.85. The molecule has 0 radical (unpaired) electrons. The third kappa shape index (κ3) is 7.91. The number of benzene rings is 3. The van der Waals surface area contributed by atoms with E-state index in [0.717, 1.165) is 23.1 Å². The molecule has 252 valence electrons. The van der Waals surface area contributed by atoms with Crippen LogP contribution >= 0.6 is 31.9 Å². The maximum absolute atomic E-state index is 16.2. The van der Waals surface area contributed by atoms with Crippen LogP contribution < -0.4 is 21.3 Å². The number of anilines is 2. The zero-order valence-electron chi connectivity index (χ0n) is 23.6. The molecular formula is C29H22Br2F8N4O4. The highest BCUT2D eigenvalue weighted by Gasteiger charge is 2.73. The Morgan fingerprint density at radius 1 is 0.681 bits per heavy atom. The fourth-order valence-electron chi connectivity index (χ4n) is 4.38. The van der Waals surface area contributed by atoms with Gasteiger partial charge in [-0.2, -0.15) is 26.3 Å². The van der Waals surface area contributed by atoms with Crippen molar-refractivity contribution in [2.45, 2.75) is 30.9 Å². The van der Waals surface area contributed by atoms with Gasteiger partial charge in [-0.1, -0.05) is 24.3 Å². The molecule has 0 aliphatic carbocycles. The van der Waals surface area contributed by atoms with Crippen LogP contribution in [-0.2, 0) is 15.3 Å². The Bertz CT molecular complexity index is 1650. The monoisotopic (exact) mass is 800 g/mol. The maximum Gasteiger partial charge on any atom is 0.435 e. The lowest BCUT2D eigenvalue weighted by Gasteiger charge is -2.32. The molecule has 0 fully saturated rings. The zero-order chi connectivity index (χ0) is 35.5. The van der Waals surface area contributed by atoms with Crippen LogP contribution in [0.3, 0.4) is 0 Å². The number of amides is 4. The molecule has 3 aromatic carbocycles. The summed E-state index contributed by atoms with van der Waals surface area (Å²) in [5.41, 5.74) is 0.984. The molecule has 3 aromatic rings. The average Bonchev–Trinajstić information content (AvgIpc) is 2.97. The summed E-state index contributed by atoms with van der Waals surface area (Å²) in [4.78, 5) is 51.8. The van der Waals surface area contributed by atoms with Gasteiger partial charge in [-0.3, -0.25) is 19.2 Å². The van der Waals surface area contributed by atoms with Crippen molar-refractivity contribution in [2.75, 3.05) is 22.9 Å². The van der Waals surface area contributed by atoms with Crippen molar-refractivity contribution in [1.29, 1.82) is 0 Å². The number of hydrogen-bond donors (Lipinski definition) is 2. The van der Waals surface area contributed by atoms with Gasteiger partial charge < -0.3 is 21.3 Å². The Morgan fingerprint density at radius 3 is 1.64 bits per heavy atom. The van der Waals surface area contributed by atoms with E-state index in [-0.39, 0.29) is 17.7 Å². The topological polar surface area (TPSA) is 127 Å². The molecule has 0 aromatic heterocycles. The first kappa shape index (κ1) is 37.4. The number of nitrogens with zero attached hydrogens (tertiary/aromatic N) is 2. The Balaban J connectivity index is 2.19. The van der Waals surface area contributed by atoms with Gasteiger partial charge in [0.1, 0.15) is 0 Å². The quantitative estimate of drug-likeness (QED) is 0.210. The molecule has 8 nitrogen and oxygen atoms in total. The molecule has 4 N–H and O–H groups in total. The number of rotatable bonds is 11. The predicted octanol–water partition coefficient (Wildman–Crippen LogP) is 6.68. The number of carbonyl (C=O) groups excluding carboxylic acids is 4. The summed E-state index contributed by atoms with van der Waals surface area (Å²) >= 11 is 5.55. The van der Waals surface area contributed by atoms with Gasteiger partial charge in [-0.15, -0.1) is 0 Å². The highest BCUT2D eigenvalue weighted by molar-refractivity contribution is 9.11. The van der Waals surface area contributed by atoms with E-state index in [2.05, 4.69) is 31.9 Å². The van der Waals surface area contributed by atoms with Crippen molar-refractivity contribution in [2.24, 2.45) is 11.5 Å². The van der Waals surface area contributed by atoms with Gasteiger partial charge in [0.05, 0.1) is 16.9 Å². The van der Waals surface area contributed by atoms with Gasteiger partial charge >= 0.3 is 18.0 Å². The van der Waals surface area contributed by atoms with E-state index >= 15 is 4.39 Å². The Morgan fingerprint density at radius 2 is 1.17 bits per heavy atom. The first-order chi connectivity index (χ1) is 21.7. The Labute approximate surface area is 277 Å². The lowest BCUT2D eigenvalue weighted by atomic mass is 9.94. The molecule has 4 amide bonds. The number of halogens is 10. The van der Waals surface area contributed by atoms with Crippen LogP contribution in [0.1, 0.15) is 39.1 Å². The largest absolute Gasteiger partial charge is 0.435 e. The van der Waals surface area contributed by atoms with Crippen LogP contribution in [0.4, 0.5) is 46.5 Å². The van der Waals surface area contributed by atoms with E-state index in [1.54, 1.807) is 6.07 Å². The summed E-state index contributed by atoms with van der Waals surface area (Å²) in [6.45, 7) is -1.10. The second-order valence-electron chi connectivity index (χ2n) is 9.79. The van der Waals surface area contributed by atoms with Crippen molar-refractivity contribution in [3.63, 3.8) is 0 Å². The molecule has 0 aliphatic rings. The second-order valence-corrected chi connectivity index (χ2v) is 11.5. The van der Waals surface area contributed by atoms with Crippen LogP contribution in [0.5, 0.6) is 0 Å². The van der Waals surface area contributed by atoms with Crippen LogP contribution in [0, 0.1) is 5.82 Å².